The SMILES string of the molecule is CC(NP=O)C(=O)OCC(C)(C)C.Oc1ccccc1. The first-order valence-corrected chi connectivity index (χ1v) is 7.06. The molecule has 20 heavy (non-hydrogen) atoms. The molecule has 0 aliphatic heterocycles. The van der Waals surface area contributed by atoms with Crippen LogP contribution in [0.5, 0.6) is 5.75 Å². The van der Waals surface area contributed by atoms with Gasteiger partial charge < -0.3 is 9.84 Å². The van der Waals surface area contributed by atoms with Crippen LogP contribution in [0.1, 0.15) is 27.7 Å². The largest absolute Gasteiger partial charge is 0.508 e. The van der Waals surface area contributed by atoms with E-state index in [1.807, 2.05) is 26.8 Å². The van der Waals surface area contributed by atoms with E-state index in [2.05, 4.69) is 5.09 Å². The lowest BCUT2D eigenvalue weighted by Gasteiger charge is -2.19. The highest BCUT2D eigenvalue weighted by Gasteiger charge is 2.17. The molecule has 5 nitrogen and oxygen atoms in total. The molecule has 0 spiro atoms. The molecule has 1 rings (SSSR count). The molecule has 1 aromatic rings. The first-order valence-electron chi connectivity index (χ1n) is 6.25. The van der Waals surface area contributed by atoms with Crippen LogP contribution in [0.25, 0.3) is 0 Å². The number of aromatic hydroxyl groups is 1. The van der Waals surface area contributed by atoms with Gasteiger partial charge in [0.2, 0.25) is 8.61 Å². The Labute approximate surface area is 121 Å². The zero-order chi connectivity index (χ0) is 15.6. The highest BCUT2D eigenvalue weighted by atomic mass is 31.1. The van der Waals surface area contributed by atoms with E-state index in [9.17, 15) is 9.36 Å². The van der Waals surface area contributed by atoms with Crippen molar-refractivity contribution in [2.75, 3.05) is 6.61 Å². The summed E-state index contributed by atoms with van der Waals surface area (Å²) in [6, 6.07) is 8.19. The summed E-state index contributed by atoms with van der Waals surface area (Å²) in [5.74, 6) is -0.0548. The van der Waals surface area contributed by atoms with Gasteiger partial charge in [0.25, 0.3) is 0 Å². The van der Waals surface area contributed by atoms with Crippen LogP contribution in [-0.4, -0.2) is 23.7 Å². The first kappa shape index (κ1) is 18.6. The number of benzene rings is 1. The molecule has 1 unspecified atom stereocenters. The summed E-state index contributed by atoms with van der Waals surface area (Å²) in [4.78, 5) is 11.2. The second kappa shape index (κ2) is 9.45. The fourth-order valence-corrected chi connectivity index (χ4v) is 1.24. The van der Waals surface area contributed by atoms with Crippen molar-refractivity contribution in [2.45, 2.75) is 33.7 Å². The maximum atomic E-state index is 11.2. The van der Waals surface area contributed by atoms with Crippen molar-refractivity contribution in [2.24, 2.45) is 5.41 Å². The fourth-order valence-electron chi connectivity index (χ4n) is 0.972. The second-order valence-corrected chi connectivity index (χ2v) is 5.89. The number of para-hydroxylation sites is 1. The standard InChI is InChI=1S/C8H16NO3P.C6H6O/c1-6(9-13-11)7(10)12-5-8(2,3)4;7-6-4-2-1-3-5-6/h6H,5H2,1-4H3,(H,9,11);1-5,7H. The van der Waals surface area contributed by atoms with Crippen molar-refractivity contribution >= 4 is 14.6 Å². The van der Waals surface area contributed by atoms with E-state index in [-0.39, 0.29) is 20.0 Å². The lowest BCUT2D eigenvalue weighted by Crippen LogP contribution is -2.31. The third kappa shape index (κ3) is 10.5. The second-order valence-electron chi connectivity index (χ2n) is 5.45. The molecular formula is C14H22NO4P. The minimum absolute atomic E-state index is 0.0371. The van der Waals surface area contributed by atoms with Crippen LogP contribution in [0.15, 0.2) is 30.3 Å². The number of phenols is 1. The minimum Gasteiger partial charge on any atom is -0.508 e. The van der Waals surface area contributed by atoms with Crippen molar-refractivity contribution in [3.8, 4) is 5.75 Å². The van der Waals surface area contributed by atoms with E-state index < -0.39 is 6.04 Å². The number of carbonyl (C=O) groups is 1. The molecule has 0 saturated heterocycles. The fraction of sp³-hybridized carbons (Fsp3) is 0.500. The number of hydrogen-bond acceptors (Lipinski definition) is 4. The minimum atomic E-state index is -0.526. The quantitative estimate of drug-likeness (QED) is 0.660. The summed E-state index contributed by atoms with van der Waals surface area (Å²) >= 11 is 0. The summed E-state index contributed by atoms with van der Waals surface area (Å²) < 4.78 is 15.1. The predicted molar refractivity (Wildman–Crippen MR) is 78.7 cm³/mol. The number of esters is 1. The molecule has 0 saturated carbocycles. The number of phenolic OH excluding ortho intramolecular Hbond substituents is 1. The van der Waals surface area contributed by atoms with Gasteiger partial charge in [0.1, 0.15) is 11.8 Å². The van der Waals surface area contributed by atoms with Gasteiger partial charge in [-0.15, -0.1) is 0 Å². The molecule has 0 amide bonds. The predicted octanol–water partition coefficient (Wildman–Crippen LogP) is 3.15. The van der Waals surface area contributed by atoms with Crippen LogP contribution in [0, 0.1) is 5.41 Å². The topological polar surface area (TPSA) is 75.6 Å². The summed E-state index contributed by atoms with van der Waals surface area (Å²) in [7, 11) is -0.254. The van der Waals surface area contributed by atoms with Gasteiger partial charge in [0.15, 0.2) is 0 Å². The molecule has 2 N–H and O–H groups in total. The van der Waals surface area contributed by atoms with E-state index in [0.29, 0.717) is 12.4 Å². The average Bonchev–Trinajstić information content (AvgIpc) is 2.37. The van der Waals surface area contributed by atoms with Crippen molar-refractivity contribution in [3.05, 3.63) is 30.3 Å². The van der Waals surface area contributed by atoms with Gasteiger partial charge in [-0.05, 0) is 24.5 Å². The zero-order valence-electron chi connectivity index (χ0n) is 12.3. The maximum Gasteiger partial charge on any atom is 0.323 e. The molecule has 0 heterocycles. The van der Waals surface area contributed by atoms with Gasteiger partial charge in [-0.1, -0.05) is 39.0 Å². The van der Waals surface area contributed by atoms with Gasteiger partial charge in [0, 0.05) is 0 Å². The lowest BCUT2D eigenvalue weighted by atomic mass is 9.99. The Morgan fingerprint density at radius 1 is 1.35 bits per heavy atom. The molecule has 0 aromatic heterocycles. The van der Waals surface area contributed by atoms with Crippen molar-refractivity contribution < 1.29 is 19.2 Å². The van der Waals surface area contributed by atoms with Crippen LogP contribution in [-0.2, 0) is 14.1 Å². The van der Waals surface area contributed by atoms with Crippen LogP contribution < -0.4 is 5.09 Å². The summed E-state index contributed by atoms with van der Waals surface area (Å²) in [5, 5.41) is 11.1. The molecular weight excluding hydrogens is 277 g/mol. The van der Waals surface area contributed by atoms with Crippen LogP contribution >= 0.6 is 8.61 Å². The Balaban J connectivity index is 0.000000428. The molecule has 112 valence electrons. The Morgan fingerprint density at radius 3 is 2.25 bits per heavy atom. The normalized spacial score (nSPS) is 12.2. The number of hydrogen-bond donors (Lipinski definition) is 2. The molecule has 0 bridgehead atoms. The first-order chi connectivity index (χ1) is 9.26. The van der Waals surface area contributed by atoms with Crippen LogP contribution in [0.4, 0.5) is 0 Å². The molecule has 6 heteroatoms. The molecule has 1 atom stereocenters. The van der Waals surface area contributed by atoms with Crippen LogP contribution in [0.3, 0.4) is 0 Å². The van der Waals surface area contributed by atoms with E-state index >= 15 is 0 Å². The number of carbonyl (C=O) groups excluding carboxylic acids is 1. The van der Waals surface area contributed by atoms with E-state index in [1.165, 1.54) is 0 Å². The Hall–Kier alpha value is -1.45. The number of nitrogens with one attached hydrogen (secondary N) is 1. The molecule has 0 fully saturated rings. The van der Waals surface area contributed by atoms with Gasteiger partial charge in [-0.3, -0.25) is 9.36 Å². The number of ether oxygens (including phenoxy) is 1. The van der Waals surface area contributed by atoms with Gasteiger partial charge >= 0.3 is 5.97 Å². The van der Waals surface area contributed by atoms with Crippen molar-refractivity contribution in [1.29, 1.82) is 0 Å². The highest BCUT2D eigenvalue weighted by molar-refractivity contribution is 7.21. The van der Waals surface area contributed by atoms with Gasteiger partial charge in [-0.25, -0.2) is 5.09 Å². The monoisotopic (exact) mass is 299 g/mol. The molecule has 0 aliphatic carbocycles. The van der Waals surface area contributed by atoms with Gasteiger partial charge in [-0.2, -0.15) is 0 Å². The third-order valence-corrected chi connectivity index (χ3v) is 2.50. The molecule has 0 radical (unpaired) electrons. The molecule has 0 aliphatic rings. The van der Waals surface area contributed by atoms with E-state index in [4.69, 9.17) is 9.84 Å². The lowest BCUT2D eigenvalue weighted by molar-refractivity contribution is -0.147. The summed E-state index contributed by atoms with van der Waals surface area (Å²) in [6.45, 7) is 7.90. The molecule has 1 aromatic carbocycles. The number of rotatable bonds is 4. The third-order valence-electron chi connectivity index (χ3n) is 2.00. The maximum absolute atomic E-state index is 11.2. The summed E-state index contributed by atoms with van der Waals surface area (Å²) in [6.07, 6.45) is 0. The van der Waals surface area contributed by atoms with E-state index in [0.717, 1.165) is 0 Å². The van der Waals surface area contributed by atoms with Crippen LogP contribution in [0.2, 0.25) is 0 Å². The van der Waals surface area contributed by atoms with Crippen molar-refractivity contribution in [1.82, 2.24) is 5.09 Å². The smallest absolute Gasteiger partial charge is 0.323 e. The van der Waals surface area contributed by atoms with E-state index in [1.54, 1.807) is 31.2 Å². The Morgan fingerprint density at radius 2 is 1.90 bits per heavy atom. The average molecular weight is 299 g/mol. The Bertz CT molecular complexity index is 403. The van der Waals surface area contributed by atoms with Crippen molar-refractivity contribution in [3.63, 3.8) is 0 Å². The highest BCUT2D eigenvalue weighted by Crippen LogP contribution is 2.13. The zero-order valence-corrected chi connectivity index (χ0v) is 13.2. The van der Waals surface area contributed by atoms with Gasteiger partial charge in [0.05, 0.1) is 6.61 Å². The summed E-state index contributed by atoms with van der Waals surface area (Å²) in [5.41, 5.74) is -0.0371. The Kier molecular flexibility index (Phi) is 8.77.